The number of carbonyl (C=O) groups is 1. The third-order valence-corrected chi connectivity index (χ3v) is 3.78. The van der Waals surface area contributed by atoms with Crippen LogP contribution < -0.4 is 14.9 Å². The van der Waals surface area contributed by atoms with Crippen molar-refractivity contribution >= 4 is 28.1 Å². The lowest BCUT2D eigenvalue weighted by Crippen LogP contribution is -2.17. The first kappa shape index (κ1) is 18.9. The molecule has 1 amide bonds. The Morgan fingerprint density at radius 1 is 1.32 bits per heavy atom. The Balaban J connectivity index is 2.08. The van der Waals surface area contributed by atoms with Gasteiger partial charge in [0.05, 0.1) is 24.4 Å². The summed E-state index contributed by atoms with van der Waals surface area (Å²) >= 11 is 3.44. The van der Waals surface area contributed by atoms with Crippen molar-refractivity contribution in [1.29, 1.82) is 0 Å². The number of amides is 1. The van der Waals surface area contributed by atoms with Crippen LogP contribution in [0.15, 0.2) is 46.0 Å². The third-order valence-electron chi connectivity index (χ3n) is 3.19. The number of hydrogen-bond donors (Lipinski definition) is 1. The second-order valence-corrected chi connectivity index (χ2v) is 5.94. The lowest BCUT2D eigenvalue weighted by molar-refractivity contribution is 0.0955. The molecule has 0 saturated heterocycles. The smallest absolute Gasteiger partial charge is 0.271 e. The number of hydrogen-bond acceptors (Lipinski definition) is 4. The van der Waals surface area contributed by atoms with Gasteiger partial charge in [-0.25, -0.2) is 9.82 Å². The Morgan fingerprint density at radius 3 is 2.68 bits per heavy atom. The van der Waals surface area contributed by atoms with Gasteiger partial charge in [-0.2, -0.15) is 5.10 Å². The van der Waals surface area contributed by atoms with Crippen LogP contribution in [0.4, 0.5) is 4.39 Å². The molecule has 132 valence electrons. The summed E-state index contributed by atoms with van der Waals surface area (Å²) in [5.41, 5.74) is 3.43. The number of nitrogens with one attached hydrogen (secondary N) is 1. The predicted octanol–water partition coefficient (Wildman–Crippen LogP) is 4.15. The summed E-state index contributed by atoms with van der Waals surface area (Å²) in [6.07, 6.45) is 2.37. The summed E-state index contributed by atoms with van der Waals surface area (Å²) < 4.78 is 24.6. The number of rotatable bonds is 7. The van der Waals surface area contributed by atoms with E-state index in [1.807, 2.05) is 6.92 Å². The molecule has 0 unspecified atom stereocenters. The molecule has 0 aliphatic rings. The highest BCUT2D eigenvalue weighted by Crippen LogP contribution is 2.36. The van der Waals surface area contributed by atoms with E-state index in [0.29, 0.717) is 29.2 Å². The average molecular weight is 409 g/mol. The van der Waals surface area contributed by atoms with Crippen molar-refractivity contribution in [3.63, 3.8) is 0 Å². The van der Waals surface area contributed by atoms with E-state index >= 15 is 0 Å². The number of nitrogens with zero attached hydrogens (tertiary/aromatic N) is 1. The number of methoxy groups -OCH3 is 1. The van der Waals surface area contributed by atoms with Crippen LogP contribution in [0, 0.1) is 5.82 Å². The topological polar surface area (TPSA) is 59.9 Å². The molecule has 5 nitrogen and oxygen atoms in total. The molecule has 0 fully saturated rings. The van der Waals surface area contributed by atoms with Crippen molar-refractivity contribution in [1.82, 2.24) is 5.43 Å². The fraction of sp³-hybridized carbons (Fsp3) is 0.222. The highest BCUT2D eigenvalue weighted by Gasteiger charge is 2.11. The highest BCUT2D eigenvalue weighted by atomic mass is 79.9. The van der Waals surface area contributed by atoms with Gasteiger partial charge < -0.3 is 9.47 Å². The van der Waals surface area contributed by atoms with Crippen molar-refractivity contribution in [3.05, 3.63) is 57.8 Å². The molecule has 2 rings (SSSR count). The minimum absolute atomic E-state index is 0.320. The van der Waals surface area contributed by atoms with Crippen molar-refractivity contribution in [2.24, 2.45) is 5.10 Å². The largest absolute Gasteiger partial charge is 0.493 e. The molecule has 0 radical (unpaired) electrons. The highest BCUT2D eigenvalue weighted by molar-refractivity contribution is 9.10. The molecule has 2 aromatic carbocycles. The van der Waals surface area contributed by atoms with Crippen LogP contribution in [0.5, 0.6) is 11.5 Å². The Bertz CT molecular complexity index is 764. The maximum Gasteiger partial charge on any atom is 0.271 e. The third kappa shape index (κ3) is 5.29. The maximum absolute atomic E-state index is 12.9. The first-order valence-corrected chi connectivity index (χ1v) is 8.43. The van der Waals surface area contributed by atoms with Gasteiger partial charge in [-0.05, 0) is 64.3 Å². The molecular weight excluding hydrogens is 391 g/mol. The van der Waals surface area contributed by atoms with Crippen molar-refractivity contribution in [2.75, 3.05) is 13.7 Å². The fourth-order valence-electron chi connectivity index (χ4n) is 1.99. The molecule has 0 spiro atoms. The standard InChI is InChI=1S/C18H18BrFN2O3/c1-3-8-25-17-15(19)9-12(10-16(17)24-2)11-21-22-18(23)13-4-6-14(20)7-5-13/h4-7,9-11H,3,8H2,1-2H3,(H,22,23)/b21-11+. The molecule has 0 heterocycles. The van der Waals surface area contributed by atoms with E-state index < -0.39 is 11.7 Å². The van der Waals surface area contributed by atoms with Crippen LogP contribution in [-0.4, -0.2) is 25.8 Å². The quantitative estimate of drug-likeness (QED) is 0.552. The molecule has 0 aliphatic heterocycles. The Morgan fingerprint density at radius 2 is 2.04 bits per heavy atom. The van der Waals surface area contributed by atoms with Gasteiger partial charge in [-0.3, -0.25) is 4.79 Å². The van der Waals surface area contributed by atoms with Gasteiger partial charge in [0.1, 0.15) is 5.82 Å². The number of carbonyl (C=O) groups excluding carboxylic acids is 1. The van der Waals surface area contributed by atoms with E-state index in [4.69, 9.17) is 9.47 Å². The molecular formula is C18H18BrFN2O3. The zero-order valence-corrected chi connectivity index (χ0v) is 15.5. The molecule has 7 heteroatoms. The predicted molar refractivity (Wildman–Crippen MR) is 97.9 cm³/mol. The zero-order valence-electron chi connectivity index (χ0n) is 13.9. The van der Waals surface area contributed by atoms with E-state index in [9.17, 15) is 9.18 Å². The molecule has 1 N–H and O–H groups in total. The van der Waals surface area contributed by atoms with Gasteiger partial charge in [-0.15, -0.1) is 0 Å². The molecule has 0 aliphatic carbocycles. The first-order valence-electron chi connectivity index (χ1n) is 7.64. The van der Waals surface area contributed by atoms with Crippen molar-refractivity contribution < 1.29 is 18.7 Å². The van der Waals surface area contributed by atoms with Crippen LogP contribution in [0.1, 0.15) is 29.3 Å². The summed E-state index contributed by atoms with van der Waals surface area (Å²) in [5.74, 6) is 0.360. The Hall–Kier alpha value is -2.41. The van der Waals surface area contributed by atoms with Crippen LogP contribution in [0.25, 0.3) is 0 Å². The van der Waals surface area contributed by atoms with Crippen molar-refractivity contribution in [3.8, 4) is 11.5 Å². The molecule has 25 heavy (non-hydrogen) atoms. The van der Waals surface area contributed by atoms with Crippen LogP contribution in [0.3, 0.4) is 0 Å². The summed E-state index contributed by atoms with van der Waals surface area (Å²) in [5, 5.41) is 3.91. The molecule has 0 atom stereocenters. The van der Waals surface area contributed by atoms with Gasteiger partial charge >= 0.3 is 0 Å². The zero-order chi connectivity index (χ0) is 18.2. The number of halogens is 2. The summed E-state index contributed by atoms with van der Waals surface area (Å²) in [7, 11) is 1.55. The lowest BCUT2D eigenvalue weighted by Gasteiger charge is -2.12. The van der Waals surface area contributed by atoms with Gasteiger partial charge in [0.15, 0.2) is 11.5 Å². The van der Waals surface area contributed by atoms with Crippen LogP contribution >= 0.6 is 15.9 Å². The maximum atomic E-state index is 12.9. The minimum Gasteiger partial charge on any atom is -0.493 e. The molecule has 0 aromatic heterocycles. The van der Waals surface area contributed by atoms with Gasteiger partial charge in [0.2, 0.25) is 0 Å². The fourth-order valence-corrected chi connectivity index (χ4v) is 2.56. The van der Waals surface area contributed by atoms with Crippen molar-refractivity contribution in [2.45, 2.75) is 13.3 Å². The van der Waals surface area contributed by atoms with E-state index in [0.717, 1.165) is 10.9 Å². The number of ether oxygens (including phenoxy) is 2. The molecule has 2 aromatic rings. The lowest BCUT2D eigenvalue weighted by atomic mass is 10.2. The monoisotopic (exact) mass is 408 g/mol. The second-order valence-electron chi connectivity index (χ2n) is 5.09. The summed E-state index contributed by atoms with van der Waals surface area (Å²) in [6, 6.07) is 8.77. The van der Waals surface area contributed by atoms with E-state index in [1.54, 1.807) is 19.2 Å². The van der Waals surface area contributed by atoms with E-state index in [-0.39, 0.29) is 0 Å². The normalized spacial score (nSPS) is 10.7. The van der Waals surface area contributed by atoms with Gasteiger partial charge in [0.25, 0.3) is 5.91 Å². The average Bonchev–Trinajstić information content (AvgIpc) is 2.61. The van der Waals surface area contributed by atoms with Gasteiger partial charge in [-0.1, -0.05) is 6.92 Å². The van der Waals surface area contributed by atoms with E-state index in [1.165, 1.54) is 30.5 Å². The van der Waals surface area contributed by atoms with E-state index in [2.05, 4.69) is 26.5 Å². The summed E-state index contributed by atoms with van der Waals surface area (Å²) in [4.78, 5) is 11.9. The van der Waals surface area contributed by atoms with Crippen LogP contribution in [-0.2, 0) is 0 Å². The Labute approximate surface area is 154 Å². The summed E-state index contributed by atoms with van der Waals surface area (Å²) in [6.45, 7) is 2.60. The van der Waals surface area contributed by atoms with Crippen LogP contribution in [0.2, 0.25) is 0 Å². The first-order chi connectivity index (χ1) is 12.0. The second kappa shape index (κ2) is 9.17. The molecule has 0 bridgehead atoms. The van der Waals surface area contributed by atoms with Gasteiger partial charge in [0, 0.05) is 5.56 Å². The SMILES string of the molecule is CCCOc1c(Br)cc(/C=N/NC(=O)c2ccc(F)cc2)cc1OC. The number of hydrazone groups is 1. The molecule has 0 saturated carbocycles. The Kier molecular flexibility index (Phi) is 6.94. The number of benzene rings is 2. The minimum atomic E-state index is -0.426.